The second-order valence-electron chi connectivity index (χ2n) is 10.0. The highest BCUT2D eigenvalue weighted by molar-refractivity contribution is 6.02. The van der Waals surface area contributed by atoms with Gasteiger partial charge >= 0.3 is 0 Å². The van der Waals surface area contributed by atoms with E-state index in [4.69, 9.17) is 0 Å². The molecular weight excluding hydrogens is 376 g/mol. The van der Waals surface area contributed by atoms with E-state index < -0.39 is 5.97 Å². The van der Waals surface area contributed by atoms with E-state index in [0.29, 0.717) is 12.1 Å². The molecule has 5 heteroatoms. The largest absolute Gasteiger partial charge is 0.550 e. The second kappa shape index (κ2) is 8.91. The average molecular weight is 410 g/mol. The molecule has 162 valence electrons. The zero-order valence-electron chi connectivity index (χ0n) is 18.0. The fraction of sp³-hybridized carbons (Fsp3) is 0.640. The predicted molar refractivity (Wildman–Crippen MR) is 115 cm³/mol. The molecule has 5 nitrogen and oxygen atoms in total. The molecule has 4 bridgehead atoms. The number of carbonyl (C=O) groups excluding carboxylic acids is 2. The van der Waals surface area contributed by atoms with Crippen molar-refractivity contribution < 1.29 is 14.7 Å². The number of aliphatic carboxylic acids is 1. The average Bonchev–Trinajstić information content (AvgIpc) is 2.67. The highest BCUT2D eigenvalue weighted by Crippen LogP contribution is 2.61. The first-order valence-electron chi connectivity index (χ1n) is 11.6. The number of hydrogen-bond acceptors (Lipinski definition) is 4. The Hall–Kier alpha value is -2.17. The molecule has 1 amide bonds. The van der Waals surface area contributed by atoms with Gasteiger partial charge in [0.15, 0.2) is 0 Å². The SMILES string of the molecule is CCCc1ccc(/C(CCC(=O)[O-])=N\NC(=O)CC23CC4CC(CC(C4)C2)C3)cc1. The zero-order valence-corrected chi connectivity index (χ0v) is 18.0. The van der Waals surface area contributed by atoms with Crippen molar-refractivity contribution in [3.05, 3.63) is 35.4 Å². The monoisotopic (exact) mass is 409 g/mol. The van der Waals surface area contributed by atoms with Crippen LogP contribution in [0.25, 0.3) is 0 Å². The molecule has 0 spiro atoms. The van der Waals surface area contributed by atoms with Crippen LogP contribution < -0.4 is 10.5 Å². The lowest BCUT2D eigenvalue weighted by Crippen LogP contribution is -2.47. The van der Waals surface area contributed by atoms with E-state index in [1.807, 2.05) is 24.3 Å². The van der Waals surface area contributed by atoms with Crippen LogP contribution in [-0.2, 0) is 16.0 Å². The van der Waals surface area contributed by atoms with E-state index in [9.17, 15) is 14.7 Å². The van der Waals surface area contributed by atoms with E-state index in [2.05, 4.69) is 17.5 Å². The molecule has 0 radical (unpaired) electrons. The molecule has 1 aromatic rings. The maximum absolute atomic E-state index is 12.8. The molecule has 0 heterocycles. The molecule has 0 unspecified atom stereocenters. The number of carboxylic acids is 1. The van der Waals surface area contributed by atoms with Crippen LogP contribution in [-0.4, -0.2) is 17.6 Å². The molecule has 4 fully saturated rings. The summed E-state index contributed by atoms with van der Waals surface area (Å²) in [4.78, 5) is 23.8. The Balaban J connectivity index is 1.42. The van der Waals surface area contributed by atoms with Gasteiger partial charge in [-0.2, -0.15) is 5.10 Å². The number of hydrogen-bond donors (Lipinski definition) is 1. The Morgan fingerprint density at radius 2 is 1.63 bits per heavy atom. The van der Waals surface area contributed by atoms with Crippen molar-refractivity contribution in [2.45, 2.75) is 77.6 Å². The van der Waals surface area contributed by atoms with Crippen LogP contribution in [0.3, 0.4) is 0 Å². The topological polar surface area (TPSA) is 81.6 Å². The summed E-state index contributed by atoms with van der Waals surface area (Å²) in [5.41, 5.74) is 5.62. The van der Waals surface area contributed by atoms with Gasteiger partial charge in [0, 0.05) is 12.4 Å². The van der Waals surface area contributed by atoms with Crippen molar-refractivity contribution in [3.63, 3.8) is 0 Å². The minimum absolute atomic E-state index is 0.0366. The van der Waals surface area contributed by atoms with Gasteiger partial charge in [0.05, 0.1) is 5.71 Å². The first kappa shape index (κ1) is 21.1. The summed E-state index contributed by atoms with van der Waals surface area (Å²) in [5.74, 6) is 1.30. The van der Waals surface area contributed by atoms with E-state index in [0.717, 1.165) is 36.2 Å². The smallest absolute Gasteiger partial charge is 0.240 e. The summed E-state index contributed by atoms with van der Waals surface area (Å²) in [6.07, 6.45) is 10.4. The Bertz CT molecular complexity index is 777. The van der Waals surface area contributed by atoms with Crippen LogP contribution in [0.1, 0.15) is 82.3 Å². The van der Waals surface area contributed by atoms with Gasteiger partial charge in [0.25, 0.3) is 0 Å². The summed E-state index contributed by atoms with van der Waals surface area (Å²) in [6.45, 7) is 2.14. The molecule has 4 aliphatic rings. The first-order chi connectivity index (χ1) is 14.4. The molecule has 30 heavy (non-hydrogen) atoms. The predicted octanol–water partition coefficient (Wildman–Crippen LogP) is 3.60. The van der Waals surface area contributed by atoms with Crippen molar-refractivity contribution in [2.75, 3.05) is 0 Å². The van der Waals surface area contributed by atoms with Gasteiger partial charge in [-0.25, -0.2) is 5.43 Å². The summed E-state index contributed by atoms with van der Waals surface area (Å²) in [6, 6.07) is 8.02. The van der Waals surface area contributed by atoms with Crippen LogP contribution in [0.15, 0.2) is 29.4 Å². The minimum Gasteiger partial charge on any atom is -0.550 e. The van der Waals surface area contributed by atoms with Crippen LogP contribution in [0.5, 0.6) is 0 Å². The third kappa shape index (κ3) is 4.93. The van der Waals surface area contributed by atoms with Crippen molar-refractivity contribution in [1.82, 2.24) is 5.43 Å². The summed E-state index contributed by atoms with van der Waals surface area (Å²) in [7, 11) is 0. The summed E-state index contributed by atoms with van der Waals surface area (Å²) >= 11 is 0. The van der Waals surface area contributed by atoms with Gasteiger partial charge in [0.2, 0.25) is 5.91 Å². The third-order valence-corrected chi connectivity index (χ3v) is 7.41. The number of carbonyl (C=O) groups is 2. The van der Waals surface area contributed by atoms with Gasteiger partial charge in [-0.3, -0.25) is 4.79 Å². The highest BCUT2D eigenvalue weighted by atomic mass is 16.4. The second-order valence-corrected chi connectivity index (χ2v) is 10.0. The minimum atomic E-state index is -1.11. The number of rotatable bonds is 9. The van der Waals surface area contributed by atoms with E-state index in [1.165, 1.54) is 44.1 Å². The zero-order chi connectivity index (χ0) is 21.1. The van der Waals surface area contributed by atoms with Crippen LogP contribution in [0, 0.1) is 23.2 Å². The Morgan fingerprint density at radius 3 is 2.17 bits per heavy atom. The molecule has 1 N–H and O–H groups in total. The van der Waals surface area contributed by atoms with Gasteiger partial charge in [-0.05, 0) is 92.1 Å². The molecule has 0 aromatic heterocycles. The molecule has 4 aliphatic carbocycles. The number of carboxylic acid groups (broad SMARTS) is 1. The molecule has 5 rings (SSSR count). The summed E-state index contributed by atoms with van der Waals surface area (Å²) in [5, 5.41) is 15.3. The van der Waals surface area contributed by atoms with Crippen molar-refractivity contribution in [3.8, 4) is 0 Å². The van der Waals surface area contributed by atoms with Gasteiger partial charge < -0.3 is 9.90 Å². The lowest BCUT2D eigenvalue weighted by molar-refractivity contribution is -0.305. The molecule has 0 saturated heterocycles. The van der Waals surface area contributed by atoms with Gasteiger partial charge in [0.1, 0.15) is 0 Å². The fourth-order valence-electron chi connectivity index (χ4n) is 6.65. The van der Waals surface area contributed by atoms with Gasteiger partial charge in [-0.1, -0.05) is 37.6 Å². The lowest BCUT2D eigenvalue weighted by atomic mass is 9.49. The van der Waals surface area contributed by atoms with Crippen LogP contribution in [0.2, 0.25) is 0 Å². The first-order valence-corrected chi connectivity index (χ1v) is 11.6. The van der Waals surface area contributed by atoms with Crippen molar-refractivity contribution in [1.29, 1.82) is 0 Å². The number of aryl methyl sites for hydroxylation is 1. The maximum Gasteiger partial charge on any atom is 0.240 e. The number of benzene rings is 1. The normalized spacial score (nSPS) is 29.8. The van der Waals surface area contributed by atoms with Crippen molar-refractivity contribution >= 4 is 17.6 Å². The maximum atomic E-state index is 12.8. The fourth-order valence-corrected chi connectivity index (χ4v) is 6.65. The van der Waals surface area contributed by atoms with E-state index in [1.54, 1.807) is 0 Å². The highest BCUT2D eigenvalue weighted by Gasteiger charge is 2.51. The number of nitrogens with one attached hydrogen (secondary N) is 1. The van der Waals surface area contributed by atoms with E-state index in [-0.39, 0.29) is 24.2 Å². The Kier molecular flexibility index (Phi) is 6.26. The third-order valence-electron chi connectivity index (χ3n) is 7.41. The number of hydrazone groups is 1. The van der Waals surface area contributed by atoms with Gasteiger partial charge in [-0.15, -0.1) is 0 Å². The van der Waals surface area contributed by atoms with Crippen LogP contribution in [0.4, 0.5) is 0 Å². The Morgan fingerprint density at radius 1 is 1.03 bits per heavy atom. The molecule has 4 saturated carbocycles. The molecule has 1 aromatic carbocycles. The number of amides is 1. The number of nitrogens with zero attached hydrogens (tertiary/aromatic N) is 1. The standard InChI is InChI=1S/C25H34N2O3/c1-2-3-17-4-6-21(7-5-17)22(8-9-24(29)30)26-27-23(28)16-25-13-18-10-19(14-25)12-20(11-18)15-25/h4-7,18-20H,2-3,8-16H2,1H3,(H,27,28)(H,29,30)/p-1/b26-22-. The summed E-state index contributed by atoms with van der Waals surface area (Å²) < 4.78 is 0. The van der Waals surface area contributed by atoms with Crippen molar-refractivity contribution in [2.24, 2.45) is 28.3 Å². The lowest BCUT2D eigenvalue weighted by Gasteiger charge is -2.56. The Labute approximate surface area is 179 Å². The molecular formula is C25H33N2O3-. The van der Waals surface area contributed by atoms with E-state index >= 15 is 0 Å². The quantitative estimate of drug-likeness (QED) is 0.500. The molecule has 0 aliphatic heterocycles. The molecule has 0 atom stereocenters. The van der Waals surface area contributed by atoms with Crippen LogP contribution >= 0.6 is 0 Å².